The molecule has 3 aromatic heterocycles. The summed E-state index contributed by atoms with van der Waals surface area (Å²) >= 11 is 3.47. The van der Waals surface area contributed by atoms with Crippen molar-refractivity contribution in [3.63, 3.8) is 0 Å². The molecule has 138 valence electrons. The summed E-state index contributed by atoms with van der Waals surface area (Å²) in [5.41, 5.74) is 4.55. The minimum Gasteiger partial charge on any atom is -0.338 e. The molecule has 7 nitrogen and oxygen atoms in total. The lowest BCUT2D eigenvalue weighted by atomic mass is 10.1. The fourth-order valence-electron chi connectivity index (χ4n) is 3.36. The predicted octanol–water partition coefficient (Wildman–Crippen LogP) is 3.65. The van der Waals surface area contributed by atoms with Gasteiger partial charge in [0.15, 0.2) is 5.65 Å². The van der Waals surface area contributed by atoms with E-state index in [2.05, 4.69) is 41.2 Å². The Bertz CT molecular complexity index is 1380. The summed E-state index contributed by atoms with van der Waals surface area (Å²) in [6.45, 7) is 1.88. The Kier molecular flexibility index (Phi) is 3.87. The molecule has 0 aliphatic carbocycles. The highest BCUT2D eigenvalue weighted by Crippen LogP contribution is 2.25. The summed E-state index contributed by atoms with van der Waals surface area (Å²) in [6.07, 6.45) is 0.547. The van der Waals surface area contributed by atoms with E-state index in [-0.39, 0.29) is 11.5 Å². The minimum atomic E-state index is -0.165. The van der Waals surface area contributed by atoms with Gasteiger partial charge in [-0.3, -0.25) is 9.89 Å². The molecule has 0 radical (unpaired) electrons. The maximum atomic E-state index is 13.0. The van der Waals surface area contributed by atoms with Gasteiger partial charge in [0.05, 0.1) is 0 Å². The monoisotopic (exact) mass is 434 g/mol. The molecule has 0 saturated carbocycles. The van der Waals surface area contributed by atoms with Gasteiger partial charge in [0.2, 0.25) is 0 Å². The first-order valence-corrected chi connectivity index (χ1v) is 9.56. The Hall–Kier alpha value is -3.26. The number of hydrogen-bond acceptors (Lipinski definition) is 4. The lowest BCUT2D eigenvalue weighted by Crippen LogP contribution is -2.20. The third-order valence-corrected chi connectivity index (χ3v) is 5.28. The van der Waals surface area contributed by atoms with E-state index in [1.807, 2.05) is 55.5 Å². The molecule has 0 spiro atoms. The summed E-state index contributed by atoms with van der Waals surface area (Å²) in [4.78, 5) is 20.7. The Morgan fingerprint density at radius 2 is 1.93 bits per heavy atom. The zero-order chi connectivity index (χ0) is 19.3. The van der Waals surface area contributed by atoms with E-state index in [0.717, 1.165) is 26.6 Å². The molecule has 3 heterocycles. The van der Waals surface area contributed by atoms with Crippen LogP contribution in [0.3, 0.4) is 0 Å². The molecular formula is C20H15BrN6O. The van der Waals surface area contributed by atoms with Crippen LogP contribution in [0.5, 0.6) is 0 Å². The third-order valence-electron chi connectivity index (χ3n) is 4.78. The standard InChI is InChI=1S/C20H15BrN6O/c1-11-14(9-12-5-3-2-4-6-12)19(28)27(26-11)20-23-18-17(24-25-20)15-10-13(21)7-8-16(15)22-18/h2-8,10,26H,9H2,1H3,(H,22,23,25). The number of H-pyrrole nitrogens is 2. The van der Waals surface area contributed by atoms with Gasteiger partial charge in [-0.2, -0.15) is 9.67 Å². The summed E-state index contributed by atoms with van der Waals surface area (Å²) in [5, 5.41) is 12.5. The molecule has 28 heavy (non-hydrogen) atoms. The normalized spacial score (nSPS) is 11.5. The van der Waals surface area contributed by atoms with Crippen LogP contribution in [-0.4, -0.2) is 29.9 Å². The zero-order valence-corrected chi connectivity index (χ0v) is 16.5. The van der Waals surface area contributed by atoms with Gasteiger partial charge >= 0.3 is 0 Å². The van der Waals surface area contributed by atoms with Crippen LogP contribution in [0, 0.1) is 6.92 Å². The molecule has 0 fully saturated rings. The number of nitrogens with one attached hydrogen (secondary N) is 2. The van der Waals surface area contributed by atoms with Crippen molar-refractivity contribution in [1.29, 1.82) is 0 Å². The smallest absolute Gasteiger partial charge is 0.277 e. The Morgan fingerprint density at radius 3 is 2.75 bits per heavy atom. The van der Waals surface area contributed by atoms with Gasteiger partial charge in [-0.25, -0.2) is 0 Å². The number of halogens is 1. The highest BCUT2D eigenvalue weighted by molar-refractivity contribution is 9.10. The van der Waals surface area contributed by atoms with E-state index in [4.69, 9.17) is 0 Å². The minimum absolute atomic E-state index is 0.165. The zero-order valence-electron chi connectivity index (χ0n) is 14.9. The largest absolute Gasteiger partial charge is 0.338 e. The molecule has 5 aromatic rings. The average molecular weight is 435 g/mol. The molecule has 0 atom stereocenters. The molecule has 0 saturated heterocycles. The quantitative estimate of drug-likeness (QED) is 0.453. The molecule has 0 aliphatic heterocycles. The van der Waals surface area contributed by atoms with Crippen molar-refractivity contribution in [2.75, 3.05) is 0 Å². The Morgan fingerprint density at radius 1 is 1.11 bits per heavy atom. The van der Waals surface area contributed by atoms with Crippen LogP contribution in [-0.2, 0) is 6.42 Å². The molecule has 0 unspecified atom stereocenters. The second kappa shape index (κ2) is 6.42. The van der Waals surface area contributed by atoms with Crippen molar-refractivity contribution in [3.8, 4) is 5.95 Å². The summed E-state index contributed by atoms with van der Waals surface area (Å²) in [6, 6.07) is 15.8. The second-order valence-electron chi connectivity index (χ2n) is 6.64. The van der Waals surface area contributed by atoms with Crippen molar-refractivity contribution in [3.05, 3.63) is 80.2 Å². The van der Waals surface area contributed by atoms with Crippen molar-refractivity contribution in [2.24, 2.45) is 0 Å². The highest BCUT2D eigenvalue weighted by Gasteiger charge is 2.16. The lowest BCUT2D eigenvalue weighted by molar-refractivity contribution is 0.756. The van der Waals surface area contributed by atoms with E-state index in [1.165, 1.54) is 4.68 Å². The maximum Gasteiger partial charge on any atom is 0.277 e. The van der Waals surface area contributed by atoms with E-state index < -0.39 is 0 Å². The first-order valence-electron chi connectivity index (χ1n) is 8.76. The van der Waals surface area contributed by atoms with Gasteiger partial charge < -0.3 is 4.98 Å². The van der Waals surface area contributed by atoms with Gasteiger partial charge in [0.1, 0.15) is 5.52 Å². The van der Waals surface area contributed by atoms with Gasteiger partial charge in [0, 0.05) is 33.1 Å². The fourth-order valence-corrected chi connectivity index (χ4v) is 3.72. The van der Waals surface area contributed by atoms with Crippen LogP contribution in [0.2, 0.25) is 0 Å². The third kappa shape index (κ3) is 2.73. The summed E-state index contributed by atoms with van der Waals surface area (Å²) in [7, 11) is 0. The van der Waals surface area contributed by atoms with Gasteiger partial charge in [0.25, 0.3) is 11.5 Å². The number of aromatic amines is 2. The number of aromatic nitrogens is 6. The number of benzene rings is 2. The van der Waals surface area contributed by atoms with Crippen molar-refractivity contribution < 1.29 is 0 Å². The van der Waals surface area contributed by atoms with Crippen molar-refractivity contribution in [1.82, 2.24) is 29.9 Å². The molecule has 0 amide bonds. The van der Waals surface area contributed by atoms with Crippen LogP contribution in [0.4, 0.5) is 0 Å². The van der Waals surface area contributed by atoms with Crippen molar-refractivity contribution in [2.45, 2.75) is 13.3 Å². The van der Waals surface area contributed by atoms with Crippen LogP contribution in [0.25, 0.3) is 28.0 Å². The van der Waals surface area contributed by atoms with Gasteiger partial charge in [-0.1, -0.05) is 46.3 Å². The first-order chi connectivity index (χ1) is 13.6. The Balaban J connectivity index is 1.61. The molecule has 5 rings (SSSR count). The number of rotatable bonds is 3. The van der Waals surface area contributed by atoms with Crippen molar-refractivity contribution >= 4 is 38.0 Å². The Labute approximate surface area is 167 Å². The fraction of sp³-hybridized carbons (Fsp3) is 0.100. The lowest BCUT2D eigenvalue weighted by Gasteiger charge is -1.98. The number of nitrogens with zero attached hydrogens (tertiary/aromatic N) is 4. The molecular weight excluding hydrogens is 420 g/mol. The van der Waals surface area contributed by atoms with Crippen LogP contribution < -0.4 is 5.56 Å². The van der Waals surface area contributed by atoms with E-state index in [1.54, 1.807) is 0 Å². The first kappa shape index (κ1) is 16.9. The second-order valence-corrected chi connectivity index (χ2v) is 7.56. The molecule has 2 aromatic carbocycles. The molecule has 0 bridgehead atoms. The predicted molar refractivity (Wildman–Crippen MR) is 111 cm³/mol. The SMILES string of the molecule is Cc1[nH]n(-c2nnc3c(n2)[nH]c2ccc(Br)cc23)c(=O)c1Cc1ccccc1. The van der Waals surface area contributed by atoms with Crippen LogP contribution in [0.15, 0.2) is 57.8 Å². The van der Waals surface area contributed by atoms with Gasteiger partial charge in [-0.15, -0.1) is 10.2 Å². The molecule has 0 aliphatic rings. The topological polar surface area (TPSA) is 92.2 Å². The van der Waals surface area contributed by atoms with Gasteiger partial charge in [-0.05, 0) is 30.7 Å². The summed E-state index contributed by atoms with van der Waals surface area (Å²) < 4.78 is 2.30. The number of fused-ring (bicyclic) bond motifs is 3. The number of aryl methyl sites for hydroxylation is 1. The number of hydrogen-bond donors (Lipinski definition) is 2. The van der Waals surface area contributed by atoms with Crippen LogP contribution >= 0.6 is 15.9 Å². The van der Waals surface area contributed by atoms with E-state index >= 15 is 0 Å². The molecule has 2 N–H and O–H groups in total. The summed E-state index contributed by atoms with van der Waals surface area (Å²) in [5.74, 6) is 0.213. The van der Waals surface area contributed by atoms with E-state index in [0.29, 0.717) is 23.1 Å². The van der Waals surface area contributed by atoms with E-state index in [9.17, 15) is 4.79 Å². The molecule has 8 heteroatoms. The maximum absolute atomic E-state index is 13.0. The van der Waals surface area contributed by atoms with Crippen LogP contribution in [0.1, 0.15) is 16.8 Å². The average Bonchev–Trinajstić information content (AvgIpc) is 3.20. The highest BCUT2D eigenvalue weighted by atomic mass is 79.9.